The fraction of sp³-hybridized carbons (Fsp3) is 0.256. The predicted molar refractivity (Wildman–Crippen MR) is 193 cm³/mol. The standard InChI is InChI=1S/C39H41N3O8S/c43-35(22-21-33(38(46)49-25-30-15-7-2-8-16-30)42-39(47)50-26-31-17-9-3-10-18-31)41-34(28-51-27-32-19-11-4-12-20-32)37(45)40-23-36(44)48-24-29-13-5-1-6-14-29/h1-20,33-34H,21-28H2,(H,40,45)(H,41,43)(H,42,47)/t33-,34-/m1/s1. The number of thioether (sulfide) groups is 1. The van der Waals surface area contributed by atoms with Crippen LogP contribution in [0.3, 0.4) is 0 Å². The Morgan fingerprint density at radius 2 is 1.06 bits per heavy atom. The van der Waals surface area contributed by atoms with Crippen LogP contribution < -0.4 is 16.0 Å². The van der Waals surface area contributed by atoms with E-state index in [-0.39, 0.29) is 45.0 Å². The number of carbonyl (C=O) groups is 5. The molecule has 0 bridgehead atoms. The lowest BCUT2D eigenvalue weighted by atomic mass is 10.1. The van der Waals surface area contributed by atoms with Crippen LogP contribution in [0, 0.1) is 0 Å². The number of benzene rings is 4. The molecule has 4 aromatic carbocycles. The van der Waals surface area contributed by atoms with Gasteiger partial charge in [-0.25, -0.2) is 9.59 Å². The molecule has 11 nitrogen and oxygen atoms in total. The first-order valence-electron chi connectivity index (χ1n) is 16.4. The van der Waals surface area contributed by atoms with Crippen LogP contribution in [0.1, 0.15) is 35.1 Å². The number of nitrogens with one attached hydrogen (secondary N) is 3. The number of esters is 2. The van der Waals surface area contributed by atoms with Crippen molar-refractivity contribution < 1.29 is 38.2 Å². The molecule has 4 rings (SSSR count). The van der Waals surface area contributed by atoms with Gasteiger partial charge in [0.2, 0.25) is 11.8 Å². The first kappa shape index (κ1) is 38.2. The molecule has 0 aliphatic heterocycles. The zero-order chi connectivity index (χ0) is 36.1. The maximum absolute atomic E-state index is 13.2. The normalized spacial score (nSPS) is 11.7. The van der Waals surface area contributed by atoms with E-state index in [0.29, 0.717) is 5.75 Å². The third-order valence-electron chi connectivity index (χ3n) is 7.37. The summed E-state index contributed by atoms with van der Waals surface area (Å²) in [6.45, 7) is -0.370. The summed E-state index contributed by atoms with van der Waals surface area (Å²) in [6.07, 6.45) is -1.21. The molecule has 0 aliphatic rings. The number of ether oxygens (including phenoxy) is 3. The first-order chi connectivity index (χ1) is 24.9. The highest BCUT2D eigenvalue weighted by atomic mass is 32.2. The van der Waals surface area contributed by atoms with Crippen molar-refractivity contribution in [3.8, 4) is 0 Å². The summed E-state index contributed by atoms with van der Waals surface area (Å²) in [5.41, 5.74) is 3.36. The van der Waals surface area contributed by atoms with Crippen molar-refractivity contribution in [3.63, 3.8) is 0 Å². The van der Waals surface area contributed by atoms with Gasteiger partial charge in [0.15, 0.2) is 0 Å². The van der Waals surface area contributed by atoms with Gasteiger partial charge in [0.05, 0.1) is 0 Å². The highest BCUT2D eigenvalue weighted by Gasteiger charge is 2.26. The van der Waals surface area contributed by atoms with E-state index in [0.717, 1.165) is 22.3 Å². The number of hydrogen-bond acceptors (Lipinski definition) is 9. The van der Waals surface area contributed by atoms with Crippen LogP contribution in [0.25, 0.3) is 0 Å². The minimum atomic E-state index is -1.21. The topological polar surface area (TPSA) is 149 Å². The summed E-state index contributed by atoms with van der Waals surface area (Å²) in [6, 6.07) is 34.7. The lowest BCUT2D eigenvalue weighted by Crippen LogP contribution is -2.50. The quantitative estimate of drug-likeness (QED) is 0.0894. The highest BCUT2D eigenvalue weighted by molar-refractivity contribution is 7.98. The first-order valence-corrected chi connectivity index (χ1v) is 17.6. The molecule has 0 radical (unpaired) electrons. The second-order valence-corrected chi connectivity index (χ2v) is 12.4. The van der Waals surface area contributed by atoms with Gasteiger partial charge in [0.25, 0.3) is 0 Å². The Hall–Kier alpha value is -5.62. The molecule has 51 heavy (non-hydrogen) atoms. The van der Waals surface area contributed by atoms with E-state index in [1.807, 2.05) is 97.1 Å². The van der Waals surface area contributed by atoms with Crippen LogP contribution in [0.2, 0.25) is 0 Å². The molecule has 0 saturated heterocycles. The Kier molecular flexibility index (Phi) is 16.1. The van der Waals surface area contributed by atoms with Gasteiger partial charge in [0, 0.05) is 17.9 Å². The van der Waals surface area contributed by atoms with Crippen molar-refractivity contribution in [2.75, 3.05) is 12.3 Å². The molecule has 3 N–H and O–H groups in total. The summed E-state index contributed by atoms with van der Waals surface area (Å²) in [5, 5.41) is 7.78. The zero-order valence-corrected chi connectivity index (χ0v) is 28.8. The fourth-order valence-electron chi connectivity index (χ4n) is 4.65. The summed E-state index contributed by atoms with van der Waals surface area (Å²) >= 11 is 1.43. The Morgan fingerprint density at radius 1 is 0.569 bits per heavy atom. The molecule has 0 unspecified atom stereocenters. The van der Waals surface area contributed by atoms with E-state index >= 15 is 0 Å². The lowest BCUT2D eigenvalue weighted by molar-refractivity contribution is -0.147. The summed E-state index contributed by atoms with van der Waals surface area (Å²) in [5.74, 6) is -1.69. The Labute approximate surface area is 301 Å². The molecule has 2 atom stereocenters. The van der Waals surface area contributed by atoms with Crippen LogP contribution in [-0.2, 0) is 59.0 Å². The molecule has 3 amide bonds. The predicted octanol–water partition coefficient (Wildman–Crippen LogP) is 5.08. The van der Waals surface area contributed by atoms with Gasteiger partial charge in [-0.3, -0.25) is 14.4 Å². The third kappa shape index (κ3) is 14.8. The number of amides is 3. The van der Waals surface area contributed by atoms with E-state index < -0.39 is 41.9 Å². The molecular weight excluding hydrogens is 671 g/mol. The van der Waals surface area contributed by atoms with Crippen LogP contribution in [0.4, 0.5) is 4.79 Å². The van der Waals surface area contributed by atoms with Gasteiger partial charge in [-0.2, -0.15) is 11.8 Å². The number of rotatable bonds is 19. The van der Waals surface area contributed by atoms with Crippen LogP contribution >= 0.6 is 11.8 Å². The average molecular weight is 712 g/mol. The van der Waals surface area contributed by atoms with Gasteiger partial charge in [-0.05, 0) is 28.7 Å². The number of hydrogen-bond donors (Lipinski definition) is 3. The van der Waals surface area contributed by atoms with E-state index in [1.54, 1.807) is 24.3 Å². The van der Waals surface area contributed by atoms with Crippen molar-refractivity contribution >= 4 is 41.6 Å². The van der Waals surface area contributed by atoms with Crippen LogP contribution in [0.15, 0.2) is 121 Å². The maximum atomic E-state index is 13.2. The average Bonchev–Trinajstić information content (AvgIpc) is 3.17. The van der Waals surface area contributed by atoms with Gasteiger partial charge in [0.1, 0.15) is 38.4 Å². The van der Waals surface area contributed by atoms with Gasteiger partial charge >= 0.3 is 18.0 Å². The molecule has 0 fully saturated rings. The summed E-state index contributed by atoms with van der Waals surface area (Å²) < 4.78 is 16.0. The van der Waals surface area contributed by atoms with Gasteiger partial charge in [-0.15, -0.1) is 0 Å². The molecule has 0 saturated carbocycles. The maximum Gasteiger partial charge on any atom is 0.408 e. The summed E-state index contributed by atoms with van der Waals surface area (Å²) in [7, 11) is 0. The smallest absolute Gasteiger partial charge is 0.408 e. The second-order valence-electron chi connectivity index (χ2n) is 11.4. The molecular formula is C39H41N3O8S. The Morgan fingerprint density at radius 3 is 1.61 bits per heavy atom. The van der Waals surface area contributed by atoms with Crippen molar-refractivity contribution in [2.45, 2.75) is 50.5 Å². The SMILES string of the molecule is O=C(CC[C@@H](NC(=O)OCc1ccccc1)C(=O)OCc1ccccc1)N[C@H](CSCc1ccccc1)C(=O)NCC(=O)OCc1ccccc1. The fourth-order valence-corrected chi connectivity index (χ4v) is 5.67. The molecule has 0 heterocycles. The Balaban J connectivity index is 1.34. The number of carbonyl (C=O) groups excluding carboxylic acids is 5. The van der Waals surface area contributed by atoms with E-state index in [1.165, 1.54) is 11.8 Å². The molecule has 0 spiro atoms. The van der Waals surface area contributed by atoms with E-state index in [9.17, 15) is 24.0 Å². The van der Waals surface area contributed by atoms with Gasteiger partial charge in [-0.1, -0.05) is 121 Å². The zero-order valence-electron chi connectivity index (χ0n) is 28.0. The van der Waals surface area contributed by atoms with Crippen LogP contribution in [0.5, 0.6) is 0 Å². The van der Waals surface area contributed by atoms with Crippen LogP contribution in [-0.4, -0.2) is 54.2 Å². The second kappa shape index (κ2) is 21.5. The number of alkyl carbamates (subject to hydrolysis) is 1. The van der Waals surface area contributed by atoms with E-state index in [2.05, 4.69) is 16.0 Å². The molecule has 0 aliphatic carbocycles. The molecule has 0 aromatic heterocycles. The van der Waals surface area contributed by atoms with Gasteiger partial charge < -0.3 is 30.2 Å². The van der Waals surface area contributed by atoms with Crippen molar-refractivity contribution in [2.24, 2.45) is 0 Å². The minimum Gasteiger partial charge on any atom is -0.460 e. The highest BCUT2D eigenvalue weighted by Crippen LogP contribution is 2.14. The molecule has 4 aromatic rings. The molecule has 12 heteroatoms. The summed E-state index contributed by atoms with van der Waals surface area (Å²) in [4.78, 5) is 64.5. The molecule has 266 valence electrons. The Bertz CT molecular complexity index is 1680. The van der Waals surface area contributed by atoms with E-state index in [4.69, 9.17) is 14.2 Å². The largest absolute Gasteiger partial charge is 0.460 e. The van der Waals surface area contributed by atoms with Crippen molar-refractivity contribution in [3.05, 3.63) is 144 Å². The third-order valence-corrected chi connectivity index (χ3v) is 8.48. The monoisotopic (exact) mass is 711 g/mol. The minimum absolute atomic E-state index is 0.0177. The van der Waals surface area contributed by atoms with Crippen molar-refractivity contribution in [1.82, 2.24) is 16.0 Å². The lowest BCUT2D eigenvalue weighted by Gasteiger charge is -2.20. The van der Waals surface area contributed by atoms with Crippen molar-refractivity contribution in [1.29, 1.82) is 0 Å².